The van der Waals surface area contributed by atoms with Crippen LogP contribution in [0.4, 0.5) is 0 Å². The maximum absolute atomic E-state index is 10.3. The third kappa shape index (κ3) is 3.32. The third-order valence-electron chi connectivity index (χ3n) is 2.22. The number of nitrogens with zero attached hydrogens (tertiary/aromatic N) is 1. The molecule has 2 N–H and O–H groups in total. The Morgan fingerprint density at radius 2 is 2.33 bits per heavy atom. The Morgan fingerprint density at radius 3 is 3.06 bits per heavy atom. The largest absolute Gasteiger partial charge is 0.480 e. The molecule has 0 amide bonds. The van der Waals surface area contributed by atoms with E-state index in [0.29, 0.717) is 16.7 Å². The Bertz CT molecular complexity index is 554. The number of hydrogen-bond donors (Lipinski definition) is 2. The SMILES string of the molecule is O=C(O)CNCc1ncc(-c2cccc(Cl)c2)o1. The van der Waals surface area contributed by atoms with Crippen LogP contribution in [0.2, 0.25) is 5.02 Å². The van der Waals surface area contributed by atoms with Crippen LogP contribution in [0.1, 0.15) is 5.89 Å². The summed E-state index contributed by atoms with van der Waals surface area (Å²) >= 11 is 5.88. The molecule has 6 heteroatoms. The van der Waals surface area contributed by atoms with Crippen LogP contribution >= 0.6 is 11.6 Å². The number of hydrogen-bond acceptors (Lipinski definition) is 4. The molecular weight excluding hydrogens is 256 g/mol. The van der Waals surface area contributed by atoms with Crippen molar-refractivity contribution in [1.29, 1.82) is 0 Å². The molecule has 0 saturated carbocycles. The van der Waals surface area contributed by atoms with Gasteiger partial charge in [-0.15, -0.1) is 0 Å². The second kappa shape index (κ2) is 5.66. The van der Waals surface area contributed by atoms with E-state index in [9.17, 15) is 4.79 Å². The molecule has 0 aliphatic heterocycles. The number of halogens is 1. The molecule has 0 atom stereocenters. The number of oxazole rings is 1. The molecule has 2 aromatic rings. The molecule has 0 unspecified atom stereocenters. The van der Waals surface area contributed by atoms with Crippen molar-refractivity contribution in [3.63, 3.8) is 0 Å². The molecule has 0 saturated heterocycles. The summed E-state index contributed by atoms with van der Waals surface area (Å²) in [7, 11) is 0. The minimum absolute atomic E-state index is 0.130. The van der Waals surface area contributed by atoms with E-state index in [1.165, 1.54) is 0 Å². The minimum Gasteiger partial charge on any atom is -0.480 e. The highest BCUT2D eigenvalue weighted by atomic mass is 35.5. The molecule has 94 valence electrons. The smallest absolute Gasteiger partial charge is 0.317 e. The Labute approximate surface area is 108 Å². The van der Waals surface area contributed by atoms with Gasteiger partial charge in [0.05, 0.1) is 19.3 Å². The molecule has 5 nitrogen and oxygen atoms in total. The number of rotatable bonds is 5. The van der Waals surface area contributed by atoms with Crippen molar-refractivity contribution < 1.29 is 14.3 Å². The lowest BCUT2D eigenvalue weighted by molar-refractivity contribution is -0.136. The molecule has 0 aliphatic carbocycles. The van der Waals surface area contributed by atoms with E-state index in [2.05, 4.69) is 10.3 Å². The van der Waals surface area contributed by atoms with E-state index in [1.807, 2.05) is 12.1 Å². The van der Waals surface area contributed by atoms with Crippen LogP contribution in [0.3, 0.4) is 0 Å². The highest BCUT2D eigenvalue weighted by molar-refractivity contribution is 6.30. The molecule has 18 heavy (non-hydrogen) atoms. The van der Waals surface area contributed by atoms with E-state index in [1.54, 1.807) is 18.3 Å². The summed E-state index contributed by atoms with van der Waals surface area (Å²) in [5.74, 6) is 0.118. The highest BCUT2D eigenvalue weighted by Crippen LogP contribution is 2.23. The van der Waals surface area contributed by atoms with Crippen LogP contribution in [0, 0.1) is 0 Å². The number of aromatic nitrogens is 1. The van der Waals surface area contributed by atoms with Gasteiger partial charge in [-0.25, -0.2) is 4.98 Å². The summed E-state index contributed by atoms with van der Waals surface area (Å²) in [6.45, 7) is 0.141. The summed E-state index contributed by atoms with van der Waals surface area (Å²) in [5, 5.41) is 11.8. The van der Waals surface area contributed by atoms with Crippen molar-refractivity contribution >= 4 is 17.6 Å². The lowest BCUT2D eigenvalue weighted by atomic mass is 10.2. The lowest BCUT2D eigenvalue weighted by Gasteiger charge is -1.98. The van der Waals surface area contributed by atoms with Gasteiger partial charge in [0, 0.05) is 10.6 Å². The molecule has 0 fully saturated rings. The molecule has 0 radical (unpaired) electrons. The summed E-state index contributed by atoms with van der Waals surface area (Å²) in [4.78, 5) is 14.4. The Kier molecular flexibility index (Phi) is 3.96. The number of nitrogens with one attached hydrogen (secondary N) is 1. The van der Waals surface area contributed by atoms with Gasteiger partial charge in [0.25, 0.3) is 0 Å². The van der Waals surface area contributed by atoms with Gasteiger partial charge < -0.3 is 9.52 Å². The monoisotopic (exact) mass is 266 g/mol. The molecule has 1 aromatic heterocycles. The Balaban J connectivity index is 2.04. The molecular formula is C12H11ClN2O3. The van der Waals surface area contributed by atoms with Crippen molar-refractivity contribution in [2.24, 2.45) is 0 Å². The maximum atomic E-state index is 10.3. The summed E-state index contributed by atoms with van der Waals surface area (Å²) in [5.41, 5.74) is 0.833. The quantitative estimate of drug-likeness (QED) is 0.867. The van der Waals surface area contributed by atoms with Crippen LogP contribution in [0.15, 0.2) is 34.9 Å². The van der Waals surface area contributed by atoms with Crippen molar-refractivity contribution in [2.45, 2.75) is 6.54 Å². The van der Waals surface area contributed by atoms with Crippen LogP contribution in [0.25, 0.3) is 11.3 Å². The van der Waals surface area contributed by atoms with E-state index >= 15 is 0 Å². The fourth-order valence-corrected chi connectivity index (χ4v) is 1.63. The van der Waals surface area contributed by atoms with Gasteiger partial charge in [-0.05, 0) is 12.1 Å². The van der Waals surface area contributed by atoms with Crippen molar-refractivity contribution in [3.05, 3.63) is 41.4 Å². The van der Waals surface area contributed by atoms with Crippen LogP contribution < -0.4 is 5.32 Å². The first kappa shape index (κ1) is 12.6. The average Bonchev–Trinajstić information content (AvgIpc) is 2.77. The lowest BCUT2D eigenvalue weighted by Crippen LogP contribution is -2.21. The fourth-order valence-electron chi connectivity index (χ4n) is 1.44. The molecule has 0 bridgehead atoms. The number of aliphatic carboxylic acids is 1. The first-order valence-electron chi connectivity index (χ1n) is 5.28. The molecule has 1 aromatic carbocycles. The Morgan fingerprint density at radius 1 is 1.50 bits per heavy atom. The van der Waals surface area contributed by atoms with Crippen molar-refractivity contribution in [2.75, 3.05) is 6.54 Å². The Hall–Kier alpha value is -1.85. The highest BCUT2D eigenvalue weighted by Gasteiger charge is 2.07. The first-order chi connectivity index (χ1) is 8.65. The predicted molar refractivity (Wildman–Crippen MR) is 66.3 cm³/mol. The second-order valence-corrected chi connectivity index (χ2v) is 4.06. The van der Waals surface area contributed by atoms with Crippen molar-refractivity contribution in [1.82, 2.24) is 10.3 Å². The second-order valence-electron chi connectivity index (χ2n) is 3.63. The summed E-state index contributed by atoms with van der Waals surface area (Å²) < 4.78 is 5.48. The number of carboxylic acids is 1. The third-order valence-corrected chi connectivity index (χ3v) is 2.45. The molecule has 1 heterocycles. The normalized spacial score (nSPS) is 10.5. The van der Waals surface area contributed by atoms with Crippen LogP contribution in [-0.4, -0.2) is 22.6 Å². The van der Waals surface area contributed by atoms with Gasteiger partial charge in [0.1, 0.15) is 0 Å². The van der Waals surface area contributed by atoms with Gasteiger partial charge in [0.2, 0.25) is 5.89 Å². The summed E-state index contributed by atoms with van der Waals surface area (Å²) in [6.07, 6.45) is 1.59. The number of carboxylic acid groups (broad SMARTS) is 1. The average molecular weight is 267 g/mol. The summed E-state index contributed by atoms with van der Waals surface area (Å²) in [6, 6.07) is 7.23. The van der Waals surface area contributed by atoms with Gasteiger partial charge in [-0.3, -0.25) is 10.1 Å². The van der Waals surface area contributed by atoms with Gasteiger partial charge >= 0.3 is 5.97 Å². The van der Waals surface area contributed by atoms with Gasteiger partial charge in [-0.1, -0.05) is 23.7 Å². The standard InChI is InChI=1S/C12H11ClN2O3/c13-9-3-1-2-8(4-9)10-5-15-11(18-10)6-14-7-12(16)17/h1-5,14H,6-7H2,(H,16,17). The van der Waals surface area contributed by atoms with Crippen molar-refractivity contribution in [3.8, 4) is 11.3 Å². The number of benzene rings is 1. The predicted octanol–water partition coefficient (Wildman–Crippen LogP) is 2.17. The van der Waals surface area contributed by atoms with Gasteiger partial charge in [0.15, 0.2) is 5.76 Å². The zero-order valence-electron chi connectivity index (χ0n) is 9.39. The van der Waals surface area contributed by atoms with E-state index in [4.69, 9.17) is 21.1 Å². The zero-order valence-corrected chi connectivity index (χ0v) is 10.1. The topological polar surface area (TPSA) is 75.4 Å². The van der Waals surface area contributed by atoms with Crippen LogP contribution in [0.5, 0.6) is 0 Å². The zero-order chi connectivity index (χ0) is 13.0. The van der Waals surface area contributed by atoms with Gasteiger partial charge in [-0.2, -0.15) is 0 Å². The van der Waals surface area contributed by atoms with E-state index in [0.717, 1.165) is 5.56 Å². The molecule has 0 spiro atoms. The molecule has 2 rings (SSSR count). The maximum Gasteiger partial charge on any atom is 0.317 e. The minimum atomic E-state index is -0.920. The molecule has 0 aliphatic rings. The van der Waals surface area contributed by atoms with E-state index < -0.39 is 5.97 Å². The van der Waals surface area contributed by atoms with E-state index in [-0.39, 0.29) is 13.1 Å². The first-order valence-corrected chi connectivity index (χ1v) is 5.66. The fraction of sp³-hybridized carbons (Fsp3) is 0.167. The van der Waals surface area contributed by atoms with Crippen LogP contribution in [-0.2, 0) is 11.3 Å². The number of carbonyl (C=O) groups is 1.